The normalized spacial score (nSPS) is 18.3. The number of aromatic nitrogens is 3. The Balaban J connectivity index is 1.74. The molecule has 116 valence electrons. The predicted octanol–water partition coefficient (Wildman–Crippen LogP) is 2.26. The molecule has 0 bridgehead atoms. The molecule has 0 aromatic carbocycles. The van der Waals surface area contributed by atoms with Gasteiger partial charge in [-0.15, -0.1) is 0 Å². The molecular formula is C15H19N5O2. The van der Waals surface area contributed by atoms with Crippen molar-refractivity contribution in [2.24, 2.45) is 5.92 Å². The van der Waals surface area contributed by atoms with E-state index in [0.717, 1.165) is 19.5 Å². The molecule has 1 fully saturated rings. The Morgan fingerprint density at radius 1 is 1.50 bits per heavy atom. The van der Waals surface area contributed by atoms with Gasteiger partial charge in [0, 0.05) is 25.4 Å². The number of nitrogens with zero attached hydrogens (tertiary/aromatic N) is 4. The van der Waals surface area contributed by atoms with Crippen LogP contribution in [0.3, 0.4) is 0 Å². The van der Waals surface area contributed by atoms with Crippen LogP contribution in [0.25, 0.3) is 0 Å². The minimum atomic E-state index is -0.318. The van der Waals surface area contributed by atoms with E-state index < -0.39 is 0 Å². The standard InChI is InChI=1S/C15H19N5O2/c1-10-4-3-7-20(9-10)15-16-6-5-12(17-15)14(21)18-13-8-11(2)22-19-13/h5-6,8,10H,3-4,7,9H2,1-2H3,(H,18,19,21). The molecule has 7 heteroatoms. The van der Waals surface area contributed by atoms with Crippen molar-refractivity contribution in [3.8, 4) is 0 Å². The van der Waals surface area contributed by atoms with Gasteiger partial charge in [0.1, 0.15) is 11.5 Å². The molecular weight excluding hydrogens is 282 g/mol. The van der Waals surface area contributed by atoms with Crippen LogP contribution < -0.4 is 10.2 Å². The third-order valence-corrected chi connectivity index (χ3v) is 3.68. The Morgan fingerprint density at radius 2 is 2.36 bits per heavy atom. The highest BCUT2D eigenvalue weighted by molar-refractivity contribution is 6.02. The highest BCUT2D eigenvalue weighted by atomic mass is 16.5. The number of rotatable bonds is 3. The molecule has 0 spiro atoms. The highest BCUT2D eigenvalue weighted by Gasteiger charge is 2.20. The van der Waals surface area contributed by atoms with Gasteiger partial charge in [-0.05, 0) is 31.7 Å². The minimum absolute atomic E-state index is 0.318. The molecule has 3 heterocycles. The number of nitrogens with one attached hydrogen (secondary N) is 1. The molecule has 1 amide bonds. The van der Waals surface area contributed by atoms with Crippen LogP contribution in [0, 0.1) is 12.8 Å². The summed E-state index contributed by atoms with van der Waals surface area (Å²) in [6.45, 7) is 5.84. The molecule has 0 aliphatic carbocycles. The van der Waals surface area contributed by atoms with Gasteiger partial charge in [0.2, 0.25) is 5.95 Å². The molecule has 2 aromatic rings. The number of aryl methyl sites for hydroxylation is 1. The van der Waals surface area contributed by atoms with Gasteiger partial charge in [0.15, 0.2) is 5.82 Å². The lowest BCUT2D eigenvalue weighted by Crippen LogP contribution is -2.35. The summed E-state index contributed by atoms with van der Waals surface area (Å²) in [4.78, 5) is 23.0. The summed E-state index contributed by atoms with van der Waals surface area (Å²) in [7, 11) is 0. The molecule has 0 radical (unpaired) electrons. The zero-order chi connectivity index (χ0) is 15.5. The van der Waals surface area contributed by atoms with Crippen molar-refractivity contribution in [1.29, 1.82) is 0 Å². The van der Waals surface area contributed by atoms with E-state index in [0.29, 0.717) is 29.1 Å². The van der Waals surface area contributed by atoms with E-state index in [2.05, 4.69) is 32.3 Å². The fourth-order valence-electron chi connectivity index (χ4n) is 2.60. The second-order valence-electron chi connectivity index (χ2n) is 5.71. The number of hydrogen-bond donors (Lipinski definition) is 1. The molecule has 1 aliphatic heterocycles. The Bertz CT molecular complexity index is 669. The summed E-state index contributed by atoms with van der Waals surface area (Å²) in [6, 6.07) is 3.26. The predicted molar refractivity (Wildman–Crippen MR) is 81.8 cm³/mol. The lowest BCUT2D eigenvalue weighted by Gasteiger charge is -2.30. The number of carbonyl (C=O) groups is 1. The summed E-state index contributed by atoms with van der Waals surface area (Å²) in [5.41, 5.74) is 0.323. The molecule has 2 aromatic heterocycles. The Kier molecular flexibility index (Phi) is 4.04. The van der Waals surface area contributed by atoms with E-state index in [9.17, 15) is 4.79 Å². The SMILES string of the molecule is Cc1cc(NC(=O)c2ccnc(N3CCCC(C)C3)n2)no1. The fourth-order valence-corrected chi connectivity index (χ4v) is 2.60. The third-order valence-electron chi connectivity index (χ3n) is 3.68. The van der Waals surface area contributed by atoms with Gasteiger partial charge in [0.05, 0.1) is 0 Å². The average Bonchev–Trinajstić information content (AvgIpc) is 2.92. The quantitative estimate of drug-likeness (QED) is 0.936. The van der Waals surface area contributed by atoms with Crippen molar-refractivity contribution in [1.82, 2.24) is 15.1 Å². The van der Waals surface area contributed by atoms with Gasteiger partial charge in [-0.3, -0.25) is 4.79 Å². The van der Waals surface area contributed by atoms with Gasteiger partial charge >= 0.3 is 0 Å². The maximum absolute atomic E-state index is 12.2. The monoisotopic (exact) mass is 301 g/mol. The number of hydrogen-bond acceptors (Lipinski definition) is 6. The number of piperidine rings is 1. The first-order valence-electron chi connectivity index (χ1n) is 7.44. The minimum Gasteiger partial charge on any atom is -0.360 e. The van der Waals surface area contributed by atoms with Crippen molar-refractivity contribution in [3.05, 3.63) is 29.8 Å². The maximum Gasteiger partial charge on any atom is 0.275 e. The van der Waals surface area contributed by atoms with Crippen molar-refractivity contribution in [2.45, 2.75) is 26.7 Å². The maximum atomic E-state index is 12.2. The van der Waals surface area contributed by atoms with Crippen LogP contribution in [0.4, 0.5) is 11.8 Å². The Labute approximate surface area is 128 Å². The second kappa shape index (κ2) is 6.13. The fraction of sp³-hybridized carbons (Fsp3) is 0.467. The molecule has 1 atom stereocenters. The second-order valence-corrected chi connectivity index (χ2v) is 5.71. The lowest BCUT2D eigenvalue weighted by atomic mass is 10.0. The van der Waals surface area contributed by atoms with Crippen LogP contribution in [0.5, 0.6) is 0 Å². The number of carbonyl (C=O) groups excluding carboxylic acids is 1. The zero-order valence-corrected chi connectivity index (χ0v) is 12.7. The summed E-state index contributed by atoms with van der Waals surface area (Å²) in [6.07, 6.45) is 3.96. The third kappa shape index (κ3) is 3.24. The van der Waals surface area contributed by atoms with Crippen LogP contribution in [-0.2, 0) is 0 Å². The van der Waals surface area contributed by atoms with Crippen molar-refractivity contribution < 1.29 is 9.32 Å². The van der Waals surface area contributed by atoms with E-state index in [1.54, 1.807) is 25.3 Å². The summed E-state index contributed by atoms with van der Waals surface area (Å²) >= 11 is 0. The first-order chi connectivity index (χ1) is 10.6. The first kappa shape index (κ1) is 14.5. The molecule has 7 nitrogen and oxygen atoms in total. The van der Waals surface area contributed by atoms with Crippen molar-refractivity contribution in [3.63, 3.8) is 0 Å². The van der Waals surface area contributed by atoms with Crippen LogP contribution in [0.2, 0.25) is 0 Å². The zero-order valence-electron chi connectivity index (χ0n) is 12.7. The summed E-state index contributed by atoms with van der Waals surface area (Å²) < 4.78 is 4.93. The smallest absolute Gasteiger partial charge is 0.275 e. The molecule has 3 rings (SSSR count). The van der Waals surface area contributed by atoms with E-state index in [4.69, 9.17) is 4.52 Å². The van der Waals surface area contributed by atoms with Crippen molar-refractivity contribution in [2.75, 3.05) is 23.3 Å². The van der Waals surface area contributed by atoms with Crippen LogP contribution in [0.15, 0.2) is 22.9 Å². The topological polar surface area (TPSA) is 84.2 Å². The molecule has 1 aliphatic rings. The van der Waals surface area contributed by atoms with E-state index in [-0.39, 0.29) is 5.91 Å². The Morgan fingerprint density at radius 3 is 3.09 bits per heavy atom. The lowest BCUT2D eigenvalue weighted by molar-refractivity contribution is 0.102. The molecule has 1 N–H and O–H groups in total. The van der Waals surface area contributed by atoms with Gasteiger partial charge in [0.25, 0.3) is 5.91 Å². The van der Waals surface area contributed by atoms with Crippen LogP contribution >= 0.6 is 0 Å². The number of amides is 1. The molecule has 22 heavy (non-hydrogen) atoms. The molecule has 1 saturated heterocycles. The average molecular weight is 301 g/mol. The first-order valence-corrected chi connectivity index (χ1v) is 7.44. The van der Waals surface area contributed by atoms with E-state index >= 15 is 0 Å². The van der Waals surface area contributed by atoms with Crippen molar-refractivity contribution >= 4 is 17.7 Å². The van der Waals surface area contributed by atoms with Gasteiger partial charge in [-0.1, -0.05) is 12.1 Å². The van der Waals surface area contributed by atoms with Crippen LogP contribution in [0.1, 0.15) is 36.0 Å². The van der Waals surface area contributed by atoms with Gasteiger partial charge in [-0.25, -0.2) is 9.97 Å². The van der Waals surface area contributed by atoms with Gasteiger partial charge < -0.3 is 14.7 Å². The van der Waals surface area contributed by atoms with Crippen LogP contribution in [-0.4, -0.2) is 34.1 Å². The molecule has 1 unspecified atom stereocenters. The summed E-state index contributed by atoms with van der Waals surface area (Å²) in [5.74, 6) is 1.93. The summed E-state index contributed by atoms with van der Waals surface area (Å²) in [5, 5.41) is 6.41. The largest absolute Gasteiger partial charge is 0.360 e. The number of anilines is 2. The van der Waals surface area contributed by atoms with Gasteiger partial charge in [-0.2, -0.15) is 0 Å². The highest BCUT2D eigenvalue weighted by Crippen LogP contribution is 2.20. The molecule has 0 saturated carbocycles. The van der Waals surface area contributed by atoms with E-state index in [1.807, 2.05) is 0 Å². The Hall–Kier alpha value is -2.44. The van der Waals surface area contributed by atoms with E-state index in [1.165, 1.54) is 6.42 Å².